The molecule has 100 valence electrons. The fourth-order valence-electron chi connectivity index (χ4n) is 1.66. The summed E-state index contributed by atoms with van der Waals surface area (Å²) in [7, 11) is -3.53. The molecule has 0 spiro atoms. The minimum Gasteiger partial charge on any atom is -0.392 e. The van der Waals surface area contributed by atoms with Crippen molar-refractivity contribution in [2.45, 2.75) is 25.7 Å². The number of hydrogen-bond acceptors (Lipinski definition) is 3. The van der Waals surface area contributed by atoms with Crippen molar-refractivity contribution in [1.82, 2.24) is 4.31 Å². The fourth-order valence-corrected chi connectivity index (χ4v) is 3.64. The number of nitrogens with two attached hydrogens (primary N) is 1. The zero-order chi connectivity index (χ0) is 13.9. The smallest absolute Gasteiger partial charge is 0.243 e. The van der Waals surface area contributed by atoms with Crippen molar-refractivity contribution < 1.29 is 8.42 Å². The van der Waals surface area contributed by atoms with Crippen molar-refractivity contribution in [1.29, 1.82) is 0 Å². The van der Waals surface area contributed by atoms with Gasteiger partial charge in [-0.15, -0.1) is 0 Å². The second kappa shape index (κ2) is 5.77. The quantitative estimate of drug-likeness (QED) is 0.835. The van der Waals surface area contributed by atoms with Crippen molar-refractivity contribution >= 4 is 27.2 Å². The number of nitrogens with zero attached hydrogens (tertiary/aromatic N) is 1. The molecule has 0 aliphatic carbocycles. The van der Waals surface area contributed by atoms with Gasteiger partial charge in [-0.2, -0.15) is 4.31 Å². The summed E-state index contributed by atoms with van der Waals surface area (Å²) < 4.78 is 26.3. The van der Waals surface area contributed by atoms with E-state index in [0.29, 0.717) is 11.4 Å². The Labute approximate surface area is 114 Å². The summed E-state index contributed by atoms with van der Waals surface area (Å²) in [5.41, 5.74) is 7.07. The first-order chi connectivity index (χ1) is 8.28. The average molecular weight is 286 g/mol. The van der Waals surface area contributed by atoms with Gasteiger partial charge < -0.3 is 5.73 Å². The Morgan fingerprint density at radius 1 is 1.39 bits per heavy atom. The van der Waals surface area contributed by atoms with Crippen LogP contribution in [-0.4, -0.2) is 30.8 Å². The zero-order valence-corrected chi connectivity index (χ0v) is 12.4. The molecule has 0 bridgehead atoms. The van der Waals surface area contributed by atoms with Crippen molar-refractivity contribution in [2.24, 2.45) is 5.73 Å². The second-order valence-corrected chi connectivity index (χ2v) is 6.60. The van der Waals surface area contributed by atoms with E-state index in [1.165, 1.54) is 4.31 Å². The van der Waals surface area contributed by atoms with E-state index in [1.807, 2.05) is 13.0 Å². The molecular formula is C12H18N2O2S2. The van der Waals surface area contributed by atoms with Gasteiger partial charge in [0.1, 0.15) is 0 Å². The third-order valence-electron chi connectivity index (χ3n) is 2.65. The van der Waals surface area contributed by atoms with Crippen molar-refractivity contribution in [2.75, 3.05) is 13.1 Å². The summed E-state index contributed by atoms with van der Waals surface area (Å²) in [4.78, 5) is 0.492. The first-order valence-electron chi connectivity index (χ1n) is 5.64. The lowest BCUT2D eigenvalue weighted by Gasteiger charge is -2.21. The lowest BCUT2D eigenvalue weighted by atomic mass is 10.2. The van der Waals surface area contributed by atoms with Crippen LogP contribution in [0.3, 0.4) is 0 Å². The molecule has 0 aliphatic rings. The lowest BCUT2D eigenvalue weighted by Crippen LogP contribution is -2.37. The van der Waals surface area contributed by atoms with Gasteiger partial charge in [0.05, 0.1) is 16.4 Å². The fraction of sp³-hybridized carbons (Fsp3) is 0.417. The van der Waals surface area contributed by atoms with Gasteiger partial charge >= 0.3 is 0 Å². The second-order valence-electron chi connectivity index (χ2n) is 4.17. The molecule has 0 radical (unpaired) electrons. The third-order valence-corrected chi connectivity index (χ3v) is 4.84. The van der Waals surface area contributed by atoms with Gasteiger partial charge in [0.15, 0.2) is 0 Å². The first kappa shape index (κ1) is 15.1. The molecule has 0 fully saturated rings. The third kappa shape index (κ3) is 3.28. The van der Waals surface area contributed by atoms with Crippen molar-refractivity contribution in [3.63, 3.8) is 0 Å². The van der Waals surface area contributed by atoms with E-state index in [2.05, 4.69) is 0 Å². The van der Waals surface area contributed by atoms with Crippen LogP contribution in [-0.2, 0) is 10.0 Å². The molecule has 0 unspecified atom stereocenters. The van der Waals surface area contributed by atoms with Crippen molar-refractivity contribution in [3.05, 3.63) is 29.3 Å². The molecule has 1 rings (SSSR count). The Kier molecular flexibility index (Phi) is 4.84. The van der Waals surface area contributed by atoms with Crippen LogP contribution in [0.15, 0.2) is 23.1 Å². The van der Waals surface area contributed by atoms with E-state index in [0.717, 1.165) is 11.1 Å². The van der Waals surface area contributed by atoms with Crippen LogP contribution in [0.4, 0.5) is 0 Å². The minimum absolute atomic E-state index is 0.0710. The summed E-state index contributed by atoms with van der Waals surface area (Å²) in [5.74, 6) is 0. The van der Waals surface area contributed by atoms with Gasteiger partial charge in [-0.25, -0.2) is 8.42 Å². The highest BCUT2D eigenvalue weighted by molar-refractivity contribution is 7.89. The van der Waals surface area contributed by atoms with E-state index in [4.69, 9.17) is 18.0 Å². The number of hydrogen-bond donors (Lipinski definition) is 1. The Bertz CT molecular complexity index is 553. The number of aryl methyl sites for hydroxylation is 2. The predicted molar refractivity (Wildman–Crippen MR) is 77.1 cm³/mol. The molecule has 6 heteroatoms. The molecule has 4 nitrogen and oxygen atoms in total. The van der Waals surface area contributed by atoms with Gasteiger partial charge in [-0.3, -0.25) is 0 Å². The van der Waals surface area contributed by atoms with E-state index >= 15 is 0 Å². The van der Waals surface area contributed by atoms with Gasteiger partial charge in [0, 0.05) is 6.54 Å². The molecule has 0 heterocycles. The molecule has 1 aromatic rings. The summed E-state index contributed by atoms with van der Waals surface area (Å²) >= 11 is 4.79. The highest BCUT2D eigenvalue weighted by Crippen LogP contribution is 2.20. The standard InChI is InChI=1S/C12H18N2O2S2/c1-4-14(8-12(13)17)18(15,16)11-7-9(2)5-6-10(11)3/h5-7H,4,8H2,1-3H3,(H2,13,17). The van der Waals surface area contributed by atoms with Gasteiger partial charge in [0.2, 0.25) is 10.0 Å². The van der Waals surface area contributed by atoms with Crippen LogP contribution in [0, 0.1) is 13.8 Å². The summed E-state index contributed by atoms with van der Waals surface area (Å²) in [5, 5.41) is 0. The average Bonchev–Trinajstić information content (AvgIpc) is 2.28. The molecule has 0 aromatic heterocycles. The molecule has 0 saturated heterocycles. The molecule has 0 aliphatic heterocycles. The first-order valence-corrected chi connectivity index (χ1v) is 7.49. The number of thiocarbonyl (C=S) groups is 1. The van der Waals surface area contributed by atoms with Gasteiger partial charge in [-0.1, -0.05) is 31.3 Å². The Morgan fingerprint density at radius 2 is 2.00 bits per heavy atom. The number of likely N-dealkylation sites (N-methyl/N-ethyl adjacent to an activating group) is 1. The van der Waals surface area contributed by atoms with Gasteiger partial charge in [-0.05, 0) is 31.0 Å². The largest absolute Gasteiger partial charge is 0.392 e. The monoisotopic (exact) mass is 286 g/mol. The van der Waals surface area contributed by atoms with Crippen LogP contribution < -0.4 is 5.73 Å². The summed E-state index contributed by atoms with van der Waals surface area (Å²) in [6.45, 7) is 5.82. The topological polar surface area (TPSA) is 63.4 Å². The van der Waals surface area contributed by atoms with E-state index in [1.54, 1.807) is 26.0 Å². The van der Waals surface area contributed by atoms with Crippen LogP contribution in [0.2, 0.25) is 0 Å². The lowest BCUT2D eigenvalue weighted by molar-refractivity contribution is 0.467. The van der Waals surface area contributed by atoms with Gasteiger partial charge in [0.25, 0.3) is 0 Å². The number of sulfonamides is 1. The Morgan fingerprint density at radius 3 is 2.50 bits per heavy atom. The number of rotatable bonds is 5. The molecule has 18 heavy (non-hydrogen) atoms. The minimum atomic E-state index is -3.53. The van der Waals surface area contributed by atoms with Crippen molar-refractivity contribution in [3.8, 4) is 0 Å². The summed E-state index contributed by atoms with van der Waals surface area (Å²) in [6.07, 6.45) is 0. The predicted octanol–water partition coefficient (Wildman–Crippen LogP) is 1.60. The van der Waals surface area contributed by atoms with E-state index in [-0.39, 0.29) is 11.5 Å². The molecule has 2 N–H and O–H groups in total. The highest BCUT2D eigenvalue weighted by Gasteiger charge is 2.25. The summed E-state index contributed by atoms with van der Waals surface area (Å²) in [6, 6.07) is 5.36. The van der Waals surface area contributed by atoms with Crippen LogP contribution in [0.25, 0.3) is 0 Å². The molecule has 1 aromatic carbocycles. The number of benzene rings is 1. The zero-order valence-electron chi connectivity index (χ0n) is 10.8. The maximum absolute atomic E-state index is 12.5. The maximum atomic E-state index is 12.5. The van der Waals surface area contributed by atoms with E-state index in [9.17, 15) is 8.42 Å². The SMILES string of the molecule is CCN(CC(N)=S)S(=O)(=O)c1cc(C)ccc1C. The van der Waals surface area contributed by atoms with E-state index < -0.39 is 10.0 Å². The molecule has 0 atom stereocenters. The molecule has 0 saturated carbocycles. The maximum Gasteiger partial charge on any atom is 0.243 e. The highest BCUT2D eigenvalue weighted by atomic mass is 32.2. The molecular weight excluding hydrogens is 268 g/mol. The molecule has 0 amide bonds. The van der Waals surface area contributed by atoms with Crippen LogP contribution in [0.5, 0.6) is 0 Å². The Balaban J connectivity index is 3.26. The Hall–Kier alpha value is -0.980. The normalized spacial score (nSPS) is 11.8. The van der Waals surface area contributed by atoms with Crippen LogP contribution >= 0.6 is 12.2 Å². The van der Waals surface area contributed by atoms with Crippen LogP contribution in [0.1, 0.15) is 18.1 Å².